The van der Waals surface area contributed by atoms with Crippen LogP contribution >= 0.6 is 15.9 Å². The van der Waals surface area contributed by atoms with E-state index >= 15 is 0 Å². The van der Waals surface area contributed by atoms with Crippen LogP contribution in [-0.4, -0.2) is 26.1 Å². The number of rotatable bonds is 4. The van der Waals surface area contributed by atoms with E-state index in [0.717, 1.165) is 10.2 Å². The Hall–Kier alpha value is -2.87. The van der Waals surface area contributed by atoms with Gasteiger partial charge in [-0.3, -0.25) is 4.79 Å². The summed E-state index contributed by atoms with van der Waals surface area (Å²) in [6.45, 7) is 0. The van der Waals surface area contributed by atoms with E-state index in [0.29, 0.717) is 11.3 Å². The molecule has 1 amide bonds. The SMILES string of the molecule is O=C(/C=C/c1cc(Br)ccc1F)Nc1ccc(-n2cnnn2)cc1. The Morgan fingerprint density at radius 2 is 2.00 bits per heavy atom. The van der Waals surface area contributed by atoms with E-state index in [2.05, 4.69) is 36.8 Å². The number of carbonyl (C=O) groups excluding carboxylic acids is 1. The molecular formula is C16H11BrFN5O. The molecule has 0 saturated heterocycles. The van der Waals surface area contributed by atoms with Gasteiger partial charge in [-0.1, -0.05) is 15.9 Å². The molecule has 3 aromatic rings. The predicted molar refractivity (Wildman–Crippen MR) is 90.9 cm³/mol. The third kappa shape index (κ3) is 3.90. The summed E-state index contributed by atoms with van der Waals surface area (Å²) >= 11 is 3.26. The summed E-state index contributed by atoms with van der Waals surface area (Å²) in [5, 5.41) is 13.6. The van der Waals surface area contributed by atoms with Crippen molar-refractivity contribution in [3.63, 3.8) is 0 Å². The molecule has 6 nitrogen and oxygen atoms in total. The molecule has 0 fully saturated rings. The molecule has 1 aromatic heterocycles. The molecule has 0 bridgehead atoms. The van der Waals surface area contributed by atoms with Crippen LogP contribution < -0.4 is 5.32 Å². The lowest BCUT2D eigenvalue weighted by Gasteiger charge is -2.04. The zero-order chi connectivity index (χ0) is 16.9. The first-order valence-electron chi connectivity index (χ1n) is 6.89. The second-order valence-corrected chi connectivity index (χ2v) is 5.71. The van der Waals surface area contributed by atoms with Crippen molar-refractivity contribution in [2.45, 2.75) is 0 Å². The Morgan fingerprint density at radius 3 is 2.71 bits per heavy atom. The monoisotopic (exact) mass is 387 g/mol. The van der Waals surface area contributed by atoms with Gasteiger partial charge in [-0.25, -0.2) is 9.07 Å². The lowest BCUT2D eigenvalue weighted by molar-refractivity contribution is -0.111. The molecule has 1 N–H and O–H groups in total. The van der Waals surface area contributed by atoms with Crippen molar-refractivity contribution < 1.29 is 9.18 Å². The van der Waals surface area contributed by atoms with Gasteiger partial charge in [-0.15, -0.1) is 5.10 Å². The standard InChI is InChI=1S/C16H11BrFN5O/c17-12-2-7-15(18)11(9-12)1-8-16(24)20-13-3-5-14(6-4-13)23-10-19-21-22-23/h1-10H,(H,20,24)/b8-1+. The van der Waals surface area contributed by atoms with Crippen LogP contribution in [0.15, 0.2) is 59.3 Å². The van der Waals surface area contributed by atoms with Crippen LogP contribution in [0.3, 0.4) is 0 Å². The van der Waals surface area contributed by atoms with Gasteiger partial charge in [0.05, 0.1) is 5.69 Å². The van der Waals surface area contributed by atoms with E-state index in [1.54, 1.807) is 36.4 Å². The quantitative estimate of drug-likeness (QED) is 0.697. The number of halogens is 2. The summed E-state index contributed by atoms with van der Waals surface area (Å²) in [7, 11) is 0. The number of carbonyl (C=O) groups is 1. The van der Waals surface area contributed by atoms with Crippen LogP contribution in [0.4, 0.5) is 10.1 Å². The van der Waals surface area contributed by atoms with E-state index in [9.17, 15) is 9.18 Å². The number of amides is 1. The minimum atomic E-state index is -0.395. The van der Waals surface area contributed by atoms with Gasteiger partial charge < -0.3 is 5.32 Å². The minimum absolute atomic E-state index is 0.327. The van der Waals surface area contributed by atoms with Gasteiger partial charge in [0.2, 0.25) is 5.91 Å². The molecule has 1 heterocycles. The normalized spacial score (nSPS) is 10.9. The number of nitrogens with zero attached hydrogens (tertiary/aromatic N) is 4. The Bertz CT molecular complexity index is 878. The first kappa shape index (κ1) is 16.0. The number of nitrogens with one attached hydrogen (secondary N) is 1. The molecule has 24 heavy (non-hydrogen) atoms. The van der Waals surface area contributed by atoms with Crippen LogP contribution in [0.1, 0.15) is 5.56 Å². The van der Waals surface area contributed by atoms with Crippen LogP contribution in [0, 0.1) is 5.82 Å². The number of aromatic nitrogens is 4. The summed E-state index contributed by atoms with van der Waals surface area (Å²) in [5.74, 6) is -0.752. The third-order valence-electron chi connectivity index (χ3n) is 3.12. The van der Waals surface area contributed by atoms with E-state index in [1.807, 2.05) is 0 Å². The maximum atomic E-state index is 13.6. The summed E-state index contributed by atoms with van der Waals surface area (Å²) < 4.78 is 15.8. The van der Waals surface area contributed by atoms with E-state index < -0.39 is 5.82 Å². The molecule has 0 atom stereocenters. The molecule has 3 rings (SSSR count). The highest BCUT2D eigenvalue weighted by Gasteiger charge is 2.03. The molecule has 2 aromatic carbocycles. The van der Waals surface area contributed by atoms with Crippen molar-refractivity contribution in [1.29, 1.82) is 0 Å². The van der Waals surface area contributed by atoms with Gasteiger partial charge in [0, 0.05) is 21.8 Å². The smallest absolute Gasteiger partial charge is 0.248 e. The van der Waals surface area contributed by atoms with Crippen LogP contribution in [0.25, 0.3) is 11.8 Å². The molecule has 0 aliphatic carbocycles. The number of hydrogen-bond donors (Lipinski definition) is 1. The van der Waals surface area contributed by atoms with Crippen molar-refractivity contribution in [1.82, 2.24) is 20.2 Å². The first-order valence-corrected chi connectivity index (χ1v) is 7.69. The van der Waals surface area contributed by atoms with Crippen molar-refractivity contribution in [3.8, 4) is 5.69 Å². The zero-order valence-corrected chi connectivity index (χ0v) is 13.8. The summed E-state index contributed by atoms with van der Waals surface area (Å²) in [6, 6.07) is 11.5. The minimum Gasteiger partial charge on any atom is -0.323 e. The van der Waals surface area contributed by atoms with E-state index in [-0.39, 0.29) is 5.91 Å². The summed E-state index contributed by atoms with van der Waals surface area (Å²) in [4.78, 5) is 11.9. The number of benzene rings is 2. The molecule has 0 saturated carbocycles. The maximum Gasteiger partial charge on any atom is 0.248 e. The highest BCUT2D eigenvalue weighted by atomic mass is 79.9. The fourth-order valence-corrected chi connectivity index (χ4v) is 2.35. The van der Waals surface area contributed by atoms with Crippen molar-refractivity contribution >= 4 is 33.6 Å². The van der Waals surface area contributed by atoms with Crippen molar-refractivity contribution in [3.05, 3.63) is 70.7 Å². The van der Waals surface area contributed by atoms with E-state index in [1.165, 1.54) is 29.2 Å². The van der Waals surface area contributed by atoms with Crippen molar-refractivity contribution in [2.24, 2.45) is 0 Å². The van der Waals surface area contributed by atoms with E-state index in [4.69, 9.17) is 0 Å². The molecule has 0 aliphatic heterocycles. The molecule has 120 valence electrons. The Balaban J connectivity index is 1.66. The number of hydrogen-bond acceptors (Lipinski definition) is 4. The molecule has 8 heteroatoms. The number of anilines is 1. The second kappa shape index (κ2) is 7.14. The van der Waals surface area contributed by atoms with Crippen LogP contribution in [-0.2, 0) is 4.79 Å². The Labute approximate surface area is 145 Å². The second-order valence-electron chi connectivity index (χ2n) is 4.79. The average Bonchev–Trinajstić information content (AvgIpc) is 3.11. The third-order valence-corrected chi connectivity index (χ3v) is 3.61. The Morgan fingerprint density at radius 1 is 1.21 bits per heavy atom. The van der Waals surface area contributed by atoms with Gasteiger partial charge >= 0.3 is 0 Å². The topological polar surface area (TPSA) is 72.7 Å². The predicted octanol–water partition coefficient (Wildman–Crippen LogP) is 3.22. The van der Waals surface area contributed by atoms with Crippen LogP contribution in [0.2, 0.25) is 0 Å². The molecule has 0 aliphatic rings. The lowest BCUT2D eigenvalue weighted by Crippen LogP contribution is -2.08. The van der Waals surface area contributed by atoms with Gasteiger partial charge in [0.25, 0.3) is 0 Å². The molecular weight excluding hydrogens is 377 g/mol. The summed E-state index contributed by atoms with van der Waals surface area (Å²) in [5.41, 5.74) is 1.70. The average molecular weight is 388 g/mol. The lowest BCUT2D eigenvalue weighted by atomic mass is 10.2. The zero-order valence-electron chi connectivity index (χ0n) is 12.2. The van der Waals surface area contributed by atoms with Gasteiger partial charge in [0.15, 0.2) is 0 Å². The highest BCUT2D eigenvalue weighted by Crippen LogP contribution is 2.17. The van der Waals surface area contributed by atoms with Crippen LogP contribution in [0.5, 0.6) is 0 Å². The molecule has 0 spiro atoms. The van der Waals surface area contributed by atoms with Gasteiger partial charge in [0.1, 0.15) is 12.1 Å². The largest absolute Gasteiger partial charge is 0.323 e. The number of tetrazole rings is 1. The maximum absolute atomic E-state index is 13.6. The van der Waals surface area contributed by atoms with Crippen molar-refractivity contribution in [2.75, 3.05) is 5.32 Å². The Kier molecular flexibility index (Phi) is 4.76. The fourth-order valence-electron chi connectivity index (χ4n) is 1.97. The van der Waals surface area contributed by atoms with Gasteiger partial charge in [-0.05, 0) is 59.0 Å². The highest BCUT2D eigenvalue weighted by molar-refractivity contribution is 9.10. The molecule has 0 unspecified atom stereocenters. The first-order chi connectivity index (χ1) is 11.6. The fraction of sp³-hybridized carbons (Fsp3) is 0. The molecule has 0 radical (unpaired) electrons. The summed E-state index contributed by atoms with van der Waals surface area (Å²) in [6.07, 6.45) is 4.17. The van der Waals surface area contributed by atoms with Gasteiger partial charge in [-0.2, -0.15) is 0 Å².